The molecule has 6 heteroatoms. The molecule has 2 aromatic carbocycles. The Balaban J connectivity index is 1.39. The van der Waals surface area contributed by atoms with Gasteiger partial charge in [0.1, 0.15) is 5.60 Å². The second kappa shape index (κ2) is 10.6. The van der Waals surface area contributed by atoms with E-state index in [-0.39, 0.29) is 17.8 Å². The summed E-state index contributed by atoms with van der Waals surface area (Å²) in [4.78, 5) is 35.8. The van der Waals surface area contributed by atoms with Gasteiger partial charge in [-0.15, -0.1) is 0 Å². The van der Waals surface area contributed by atoms with Crippen LogP contribution in [0.15, 0.2) is 48.5 Å². The molecule has 0 saturated heterocycles. The van der Waals surface area contributed by atoms with Crippen LogP contribution in [0.4, 0.5) is 5.69 Å². The van der Waals surface area contributed by atoms with Crippen molar-refractivity contribution in [1.82, 2.24) is 0 Å². The van der Waals surface area contributed by atoms with Crippen LogP contribution in [-0.2, 0) is 25.5 Å². The monoisotopic (exact) mass is 451 g/mol. The number of methoxy groups -OCH3 is 1. The highest BCUT2D eigenvalue weighted by Gasteiger charge is 2.40. The minimum Gasteiger partial charge on any atom is -0.465 e. The lowest BCUT2D eigenvalue weighted by Crippen LogP contribution is -2.24. The maximum atomic E-state index is 12.3. The van der Waals surface area contributed by atoms with Gasteiger partial charge in [0.05, 0.1) is 12.7 Å². The van der Waals surface area contributed by atoms with Crippen molar-refractivity contribution in [3.8, 4) is 0 Å². The standard InChI is InChI=1S/C27H33NO5/c1-27(2,3)33-25(30)17-21-16-23(21)19-12-14-22(15-13-19)28-24(29)7-5-6-18-8-10-20(11-9-18)26(31)32-4/h8-15,21,23H,5-7,16-17H2,1-4H3,(H,28,29). The Kier molecular flexibility index (Phi) is 7.90. The highest BCUT2D eigenvalue weighted by atomic mass is 16.6. The molecule has 1 aliphatic carbocycles. The maximum Gasteiger partial charge on any atom is 0.337 e. The number of anilines is 1. The molecule has 2 atom stereocenters. The average Bonchev–Trinajstić information content (AvgIpc) is 3.51. The predicted molar refractivity (Wildman–Crippen MR) is 127 cm³/mol. The first-order chi connectivity index (χ1) is 15.6. The first kappa shape index (κ1) is 24.5. The Morgan fingerprint density at radius 1 is 1.00 bits per heavy atom. The van der Waals surface area contributed by atoms with Crippen molar-refractivity contribution in [2.24, 2.45) is 5.92 Å². The van der Waals surface area contributed by atoms with Crippen LogP contribution in [0.1, 0.15) is 73.9 Å². The summed E-state index contributed by atoms with van der Waals surface area (Å²) in [5, 5.41) is 2.94. The maximum absolute atomic E-state index is 12.3. The summed E-state index contributed by atoms with van der Waals surface area (Å²) in [6.07, 6.45) is 3.34. The lowest BCUT2D eigenvalue weighted by atomic mass is 10.1. The van der Waals surface area contributed by atoms with Gasteiger partial charge < -0.3 is 14.8 Å². The molecule has 1 saturated carbocycles. The second-order valence-electron chi connectivity index (χ2n) is 9.61. The molecular formula is C27H33NO5. The fourth-order valence-electron chi connectivity index (χ4n) is 3.89. The Bertz CT molecular complexity index is 973. The van der Waals surface area contributed by atoms with Gasteiger partial charge in [0.2, 0.25) is 5.91 Å². The quantitative estimate of drug-likeness (QED) is 0.525. The minimum atomic E-state index is -0.448. The number of hydrogen-bond acceptors (Lipinski definition) is 5. The van der Waals surface area contributed by atoms with Gasteiger partial charge >= 0.3 is 11.9 Å². The molecule has 3 rings (SSSR count). The molecule has 0 radical (unpaired) electrons. The van der Waals surface area contributed by atoms with Gasteiger partial charge in [-0.1, -0.05) is 24.3 Å². The van der Waals surface area contributed by atoms with Crippen molar-refractivity contribution in [1.29, 1.82) is 0 Å². The van der Waals surface area contributed by atoms with Crippen LogP contribution in [0.25, 0.3) is 0 Å². The number of rotatable bonds is 9. The van der Waals surface area contributed by atoms with E-state index in [2.05, 4.69) is 5.32 Å². The summed E-state index contributed by atoms with van der Waals surface area (Å²) < 4.78 is 10.1. The number of carbonyl (C=O) groups excluding carboxylic acids is 3. The van der Waals surface area contributed by atoms with Gasteiger partial charge in [0.25, 0.3) is 0 Å². The lowest BCUT2D eigenvalue weighted by molar-refractivity contribution is -0.155. The van der Waals surface area contributed by atoms with Gasteiger partial charge in [-0.25, -0.2) is 4.79 Å². The second-order valence-corrected chi connectivity index (χ2v) is 9.61. The van der Waals surface area contributed by atoms with E-state index in [1.54, 1.807) is 12.1 Å². The molecule has 1 N–H and O–H groups in total. The molecular weight excluding hydrogens is 418 g/mol. The van der Waals surface area contributed by atoms with Crippen LogP contribution in [0.3, 0.4) is 0 Å². The molecule has 2 aromatic rings. The number of hydrogen-bond donors (Lipinski definition) is 1. The molecule has 1 amide bonds. The Hall–Kier alpha value is -3.15. The topological polar surface area (TPSA) is 81.7 Å². The normalized spacial score (nSPS) is 17.2. The molecule has 0 heterocycles. The van der Waals surface area contributed by atoms with Crippen molar-refractivity contribution in [2.45, 2.75) is 64.4 Å². The number of benzene rings is 2. The van der Waals surface area contributed by atoms with E-state index in [1.165, 1.54) is 12.7 Å². The third-order valence-electron chi connectivity index (χ3n) is 5.64. The zero-order valence-electron chi connectivity index (χ0n) is 19.9. The highest BCUT2D eigenvalue weighted by molar-refractivity contribution is 5.90. The number of amides is 1. The summed E-state index contributed by atoms with van der Waals surface area (Å²) in [5.41, 5.74) is 3.11. The summed E-state index contributed by atoms with van der Waals surface area (Å²) in [5.74, 6) is 0.198. The number of nitrogens with one attached hydrogen (secondary N) is 1. The molecule has 0 bridgehead atoms. The summed E-state index contributed by atoms with van der Waals surface area (Å²) in [7, 11) is 1.36. The molecule has 2 unspecified atom stereocenters. The lowest BCUT2D eigenvalue weighted by Gasteiger charge is -2.19. The average molecular weight is 452 g/mol. The molecule has 6 nitrogen and oxygen atoms in total. The number of ether oxygens (including phenoxy) is 2. The zero-order valence-corrected chi connectivity index (χ0v) is 19.9. The first-order valence-corrected chi connectivity index (χ1v) is 11.4. The van der Waals surface area contributed by atoms with Gasteiger partial charge in [0.15, 0.2) is 0 Å². The Morgan fingerprint density at radius 3 is 2.27 bits per heavy atom. The Labute approximate surface area is 195 Å². The van der Waals surface area contributed by atoms with E-state index < -0.39 is 5.60 Å². The van der Waals surface area contributed by atoms with Crippen molar-refractivity contribution in [2.75, 3.05) is 12.4 Å². The zero-order chi connectivity index (χ0) is 24.0. The largest absolute Gasteiger partial charge is 0.465 e. The van der Waals surface area contributed by atoms with Crippen molar-refractivity contribution in [3.63, 3.8) is 0 Å². The van der Waals surface area contributed by atoms with E-state index in [0.717, 1.165) is 30.5 Å². The fraction of sp³-hybridized carbons (Fsp3) is 0.444. The molecule has 0 aliphatic heterocycles. The van der Waals surface area contributed by atoms with E-state index in [1.807, 2.05) is 57.2 Å². The van der Waals surface area contributed by atoms with Crippen LogP contribution in [0.2, 0.25) is 0 Å². The fourth-order valence-corrected chi connectivity index (χ4v) is 3.89. The van der Waals surface area contributed by atoms with Crippen molar-refractivity contribution >= 4 is 23.5 Å². The SMILES string of the molecule is COC(=O)c1ccc(CCCC(=O)Nc2ccc(C3CC3CC(=O)OC(C)(C)C)cc2)cc1. The number of esters is 2. The van der Waals surface area contributed by atoms with Crippen LogP contribution in [-0.4, -0.2) is 30.6 Å². The molecule has 0 spiro atoms. The van der Waals surface area contributed by atoms with Crippen LogP contribution < -0.4 is 5.32 Å². The van der Waals surface area contributed by atoms with E-state index in [0.29, 0.717) is 30.2 Å². The highest BCUT2D eigenvalue weighted by Crippen LogP contribution is 2.49. The summed E-state index contributed by atoms with van der Waals surface area (Å²) in [6.45, 7) is 5.64. The minimum absolute atomic E-state index is 0.0249. The number of aryl methyl sites for hydroxylation is 1. The van der Waals surface area contributed by atoms with Crippen LogP contribution in [0, 0.1) is 5.92 Å². The number of carbonyl (C=O) groups is 3. The summed E-state index contributed by atoms with van der Waals surface area (Å²) >= 11 is 0. The molecule has 1 fully saturated rings. The first-order valence-electron chi connectivity index (χ1n) is 11.4. The third kappa shape index (κ3) is 7.74. The van der Waals surface area contributed by atoms with Crippen molar-refractivity contribution in [3.05, 3.63) is 65.2 Å². The van der Waals surface area contributed by atoms with Gasteiger partial charge in [-0.05, 0) is 87.3 Å². The van der Waals surface area contributed by atoms with Gasteiger partial charge in [0, 0.05) is 18.5 Å². The Morgan fingerprint density at radius 2 is 1.67 bits per heavy atom. The van der Waals surface area contributed by atoms with Crippen molar-refractivity contribution < 1.29 is 23.9 Å². The molecule has 33 heavy (non-hydrogen) atoms. The molecule has 0 aromatic heterocycles. The van der Waals surface area contributed by atoms with Gasteiger partial charge in [-0.2, -0.15) is 0 Å². The van der Waals surface area contributed by atoms with Crippen LogP contribution >= 0.6 is 0 Å². The predicted octanol–water partition coefficient (Wildman–Crippen LogP) is 5.27. The van der Waals surface area contributed by atoms with Crippen LogP contribution in [0.5, 0.6) is 0 Å². The van der Waals surface area contributed by atoms with Gasteiger partial charge in [-0.3, -0.25) is 9.59 Å². The molecule has 176 valence electrons. The van der Waals surface area contributed by atoms with E-state index in [4.69, 9.17) is 9.47 Å². The van der Waals surface area contributed by atoms with E-state index >= 15 is 0 Å². The molecule has 1 aliphatic rings. The third-order valence-corrected chi connectivity index (χ3v) is 5.64. The summed E-state index contributed by atoms with van der Waals surface area (Å²) in [6, 6.07) is 15.1. The van der Waals surface area contributed by atoms with E-state index in [9.17, 15) is 14.4 Å². The smallest absolute Gasteiger partial charge is 0.337 e.